The minimum atomic E-state index is -0.313. The maximum atomic E-state index is 12.5. The lowest BCUT2D eigenvalue weighted by molar-refractivity contribution is 0.102. The summed E-state index contributed by atoms with van der Waals surface area (Å²) in [4.78, 5) is 13.6. The van der Waals surface area contributed by atoms with E-state index < -0.39 is 0 Å². The van der Waals surface area contributed by atoms with Gasteiger partial charge in [0.25, 0.3) is 5.91 Å². The molecule has 1 N–H and O–H groups in total. The second-order valence-corrected chi connectivity index (χ2v) is 8.79. The van der Waals surface area contributed by atoms with Crippen LogP contribution >= 0.6 is 11.8 Å². The van der Waals surface area contributed by atoms with E-state index in [0.717, 1.165) is 35.5 Å². The van der Waals surface area contributed by atoms with Gasteiger partial charge < -0.3 is 9.15 Å². The Morgan fingerprint density at radius 2 is 1.93 bits per heavy atom. The van der Waals surface area contributed by atoms with E-state index in [-0.39, 0.29) is 11.9 Å². The predicted molar refractivity (Wildman–Crippen MR) is 120 cm³/mol. The summed E-state index contributed by atoms with van der Waals surface area (Å²) in [5.41, 5.74) is 1.31. The van der Waals surface area contributed by atoms with Gasteiger partial charge in [-0.05, 0) is 48.9 Å². The summed E-state index contributed by atoms with van der Waals surface area (Å²) in [5, 5.41) is 11.1. The summed E-state index contributed by atoms with van der Waals surface area (Å²) in [5.74, 6) is 0.807. The van der Waals surface area contributed by atoms with Crippen molar-refractivity contribution in [1.29, 1.82) is 0 Å². The molecule has 0 aliphatic rings. The SMILES string of the molecule is CCCCCOc1ccc(C(=O)Nc2nnc(-c3cccc(SC(C)C)c3)o2)cc1. The Morgan fingerprint density at radius 1 is 1.13 bits per heavy atom. The molecule has 0 saturated carbocycles. The Balaban J connectivity index is 1.59. The molecule has 0 unspecified atom stereocenters. The van der Waals surface area contributed by atoms with Crippen molar-refractivity contribution in [3.63, 3.8) is 0 Å². The molecule has 0 radical (unpaired) electrons. The first-order chi connectivity index (χ1) is 14.5. The molecule has 0 aliphatic carbocycles. The number of rotatable bonds is 10. The average Bonchev–Trinajstić information content (AvgIpc) is 3.20. The van der Waals surface area contributed by atoms with Gasteiger partial charge in [-0.1, -0.05) is 44.8 Å². The van der Waals surface area contributed by atoms with Crippen LogP contribution in [0.3, 0.4) is 0 Å². The van der Waals surface area contributed by atoms with E-state index in [4.69, 9.17) is 9.15 Å². The molecule has 0 fully saturated rings. The van der Waals surface area contributed by atoms with Gasteiger partial charge in [0.1, 0.15) is 5.75 Å². The third kappa shape index (κ3) is 6.35. The summed E-state index contributed by atoms with van der Waals surface area (Å²) in [7, 11) is 0. The average molecular weight is 426 g/mol. The fraction of sp³-hybridized carbons (Fsp3) is 0.348. The minimum absolute atomic E-state index is 0.0665. The van der Waals surface area contributed by atoms with Crippen LogP contribution in [0.15, 0.2) is 57.8 Å². The Labute approximate surface area is 181 Å². The lowest BCUT2D eigenvalue weighted by Crippen LogP contribution is -2.12. The molecule has 0 saturated heterocycles. The first-order valence-electron chi connectivity index (χ1n) is 10.2. The van der Waals surface area contributed by atoms with Crippen molar-refractivity contribution in [3.8, 4) is 17.2 Å². The van der Waals surface area contributed by atoms with Crippen molar-refractivity contribution in [2.75, 3.05) is 11.9 Å². The fourth-order valence-electron chi connectivity index (χ4n) is 2.78. The number of nitrogens with one attached hydrogen (secondary N) is 1. The molecule has 1 heterocycles. The van der Waals surface area contributed by atoms with Crippen molar-refractivity contribution in [3.05, 3.63) is 54.1 Å². The molecule has 158 valence electrons. The van der Waals surface area contributed by atoms with Gasteiger partial charge in [-0.3, -0.25) is 10.1 Å². The number of ether oxygens (including phenoxy) is 1. The number of unbranched alkanes of at least 4 members (excludes halogenated alkanes) is 2. The van der Waals surface area contributed by atoms with Crippen LogP contribution in [0.5, 0.6) is 5.75 Å². The smallest absolute Gasteiger partial charge is 0.322 e. The largest absolute Gasteiger partial charge is 0.494 e. The zero-order chi connectivity index (χ0) is 21.3. The molecule has 0 aliphatic heterocycles. The quantitative estimate of drug-likeness (QED) is 0.314. The van der Waals surface area contributed by atoms with Crippen LogP contribution in [0.25, 0.3) is 11.5 Å². The van der Waals surface area contributed by atoms with E-state index in [0.29, 0.717) is 23.3 Å². The number of nitrogens with zero attached hydrogens (tertiary/aromatic N) is 2. The molecular weight excluding hydrogens is 398 g/mol. The highest BCUT2D eigenvalue weighted by Crippen LogP contribution is 2.28. The molecule has 30 heavy (non-hydrogen) atoms. The summed E-state index contributed by atoms with van der Waals surface area (Å²) < 4.78 is 11.3. The maximum absolute atomic E-state index is 12.5. The lowest BCUT2D eigenvalue weighted by Gasteiger charge is -2.06. The van der Waals surface area contributed by atoms with Crippen LogP contribution in [0.4, 0.5) is 6.01 Å². The van der Waals surface area contributed by atoms with Crippen LogP contribution in [-0.4, -0.2) is 28.0 Å². The molecule has 6 nitrogen and oxygen atoms in total. The van der Waals surface area contributed by atoms with E-state index in [9.17, 15) is 4.79 Å². The molecule has 0 atom stereocenters. The first kappa shape index (κ1) is 21.9. The van der Waals surface area contributed by atoms with Gasteiger partial charge in [-0.15, -0.1) is 16.9 Å². The second-order valence-electron chi connectivity index (χ2n) is 7.14. The zero-order valence-corrected chi connectivity index (χ0v) is 18.4. The monoisotopic (exact) mass is 425 g/mol. The van der Waals surface area contributed by atoms with E-state index in [1.807, 2.05) is 24.3 Å². The molecule has 3 aromatic rings. The Kier molecular flexibility index (Phi) is 7.90. The number of benzene rings is 2. The van der Waals surface area contributed by atoms with Crippen LogP contribution in [0.1, 0.15) is 50.4 Å². The van der Waals surface area contributed by atoms with Crippen LogP contribution in [0, 0.1) is 0 Å². The Morgan fingerprint density at radius 3 is 2.67 bits per heavy atom. The molecule has 1 amide bonds. The van der Waals surface area contributed by atoms with Gasteiger partial charge in [0.2, 0.25) is 5.89 Å². The van der Waals surface area contributed by atoms with Crippen LogP contribution < -0.4 is 10.1 Å². The Hall–Kier alpha value is -2.80. The van der Waals surface area contributed by atoms with E-state index in [1.165, 1.54) is 0 Å². The summed E-state index contributed by atoms with van der Waals surface area (Å²) in [6, 6.07) is 15.0. The molecule has 3 rings (SSSR count). The highest BCUT2D eigenvalue weighted by atomic mass is 32.2. The summed E-state index contributed by atoms with van der Waals surface area (Å²) in [6.45, 7) is 7.12. The maximum Gasteiger partial charge on any atom is 0.322 e. The predicted octanol–water partition coefficient (Wildman–Crippen LogP) is 6.06. The molecule has 7 heteroatoms. The first-order valence-corrected chi connectivity index (χ1v) is 11.1. The molecule has 2 aromatic carbocycles. The fourth-order valence-corrected chi connectivity index (χ4v) is 3.68. The van der Waals surface area contributed by atoms with Crippen LogP contribution in [0.2, 0.25) is 0 Å². The molecule has 0 bridgehead atoms. The third-order valence-electron chi connectivity index (χ3n) is 4.23. The van der Waals surface area contributed by atoms with Gasteiger partial charge in [0.05, 0.1) is 6.61 Å². The van der Waals surface area contributed by atoms with Gasteiger partial charge in [0, 0.05) is 21.3 Å². The zero-order valence-electron chi connectivity index (χ0n) is 17.6. The number of carbonyl (C=O) groups excluding carboxylic acids is 1. The summed E-state index contributed by atoms with van der Waals surface area (Å²) >= 11 is 1.76. The Bertz CT molecular complexity index is 954. The topological polar surface area (TPSA) is 77.2 Å². The van der Waals surface area contributed by atoms with E-state index in [2.05, 4.69) is 36.3 Å². The van der Waals surface area contributed by atoms with Gasteiger partial charge in [-0.25, -0.2) is 0 Å². The highest BCUT2D eigenvalue weighted by Gasteiger charge is 2.13. The highest BCUT2D eigenvalue weighted by molar-refractivity contribution is 7.99. The normalized spacial score (nSPS) is 10.9. The van der Waals surface area contributed by atoms with Crippen LogP contribution in [-0.2, 0) is 0 Å². The number of hydrogen-bond donors (Lipinski definition) is 1. The van der Waals surface area contributed by atoms with Gasteiger partial charge in [0.15, 0.2) is 0 Å². The van der Waals surface area contributed by atoms with Crippen molar-refractivity contribution in [2.24, 2.45) is 0 Å². The second kappa shape index (κ2) is 10.8. The van der Waals surface area contributed by atoms with Crippen molar-refractivity contribution in [2.45, 2.75) is 50.2 Å². The van der Waals surface area contributed by atoms with E-state index >= 15 is 0 Å². The number of thioether (sulfide) groups is 1. The van der Waals surface area contributed by atoms with Crippen molar-refractivity contribution < 1.29 is 13.9 Å². The van der Waals surface area contributed by atoms with E-state index in [1.54, 1.807) is 36.0 Å². The standard InChI is InChI=1S/C23H27N3O3S/c1-4-5-6-14-28-19-12-10-17(11-13-19)21(27)24-23-26-25-22(29-23)18-8-7-9-20(15-18)30-16(2)3/h7-13,15-16H,4-6,14H2,1-3H3,(H,24,26,27). The van der Waals surface area contributed by atoms with Gasteiger partial charge >= 0.3 is 6.01 Å². The number of amides is 1. The summed E-state index contributed by atoms with van der Waals surface area (Å²) in [6.07, 6.45) is 3.33. The number of aromatic nitrogens is 2. The van der Waals surface area contributed by atoms with Crippen molar-refractivity contribution >= 4 is 23.7 Å². The third-order valence-corrected chi connectivity index (χ3v) is 5.23. The number of anilines is 1. The molecule has 1 aromatic heterocycles. The molecular formula is C23H27N3O3S. The van der Waals surface area contributed by atoms with Crippen molar-refractivity contribution in [1.82, 2.24) is 10.2 Å². The number of carbonyl (C=O) groups is 1. The number of hydrogen-bond acceptors (Lipinski definition) is 6. The molecule has 0 spiro atoms. The lowest BCUT2D eigenvalue weighted by atomic mass is 10.2. The van der Waals surface area contributed by atoms with Gasteiger partial charge in [-0.2, -0.15) is 0 Å². The minimum Gasteiger partial charge on any atom is -0.494 e.